The zero-order valence-electron chi connectivity index (χ0n) is 9.73. The number of nitrogens with zero attached hydrogens (tertiary/aromatic N) is 2. The van der Waals surface area contributed by atoms with Crippen LogP contribution in [0.2, 0.25) is 0 Å². The molecule has 1 aromatic rings. The van der Waals surface area contributed by atoms with E-state index in [-0.39, 0.29) is 16.4 Å². The SMILES string of the molecule is CN(N)C(=O)NC(=S)Nc1cc(Br)cn(C)c1=O. The van der Waals surface area contributed by atoms with Crippen LogP contribution < -0.4 is 22.0 Å². The number of aromatic nitrogens is 1. The second-order valence-corrected chi connectivity index (χ2v) is 4.81. The van der Waals surface area contributed by atoms with E-state index in [1.165, 1.54) is 11.6 Å². The van der Waals surface area contributed by atoms with E-state index in [9.17, 15) is 9.59 Å². The molecule has 9 heteroatoms. The number of carbonyl (C=O) groups is 1. The Kier molecular flexibility index (Phi) is 4.82. The normalized spacial score (nSPS) is 9.78. The van der Waals surface area contributed by atoms with E-state index in [2.05, 4.69) is 26.6 Å². The standard InChI is InChI=1S/C9H12BrN5O2S/c1-14-4-5(10)3-6(7(14)16)12-8(18)13-9(17)15(2)11/h3-4H,11H2,1-2H3,(H2,12,13,17,18). The van der Waals surface area contributed by atoms with Crippen molar-refractivity contribution >= 4 is 45.0 Å². The van der Waals surface area contributed by atoms with E-state index in [0.717, 1.165) is 5.01 Å². The number of halogens is 1. The maximum atomic E-state index is 11.7. The summed E-state index contributed by atoms with van der Waals surface area (Å²) in [4.78, 5) is 23.0. The molecule has 2 amide bonds. The summed E-state index contributed by atoms with van der Waals surface area (Å²) in [5, 5.41) is 5.78. The van der Waals surface area contributed by atoms with Crippen LogP contribution in [0.5, 0.6) is 0 Å². The smallest absolute Gasteiger partial charge is 0.328 e. The number of amides is 2. The van der Waals surface area contributed by atoms with E-state index in [4.69, 9.17) is 18.1 Å². The molecule has 0 atom stereocenters. The van der Waals surface area contributed by atoms with Crippen LogP contribution >= 0.6 is 28.1 Å². The van der Waals surface area contributed by atoms with Gasteiger partial charge in [-0.3, -0.25) is 15.1 Å². The fraction of sp³-hybridized carbons (Fsp3) is 0.222. The topological polar surface area (TPSA) is 92.4 Å². The lowest BCUT2D eigenvalue weighted by molar-refractivity contribution is 0.215. The minimum atomic E-state index is -0.584. The quantitative estimate of drug-likeness (QED) is 0.298. The molecule has 0 saturated carbocycles. The number of aryl methyl sites for hydroxylation is 1. The summed E-state index contributed by atoms with van der Waals surface area (Å²) in [6, 6.07) is 0.978. The van der Waals surface area contributed by atoms with Crippen LogP contribution in [0, 0.1) is 0 Å². The molecule has 0 fully saturated rings. The molecule has 0 spiro atoms. The Labute approximate surface area is 117 Å². The zero-order chi connectivity index (χ0) is 13.9. The van der Waals surface area contributed by atoms with E-state index in [1.807, 2.05) is 0 Å². The van der Waals surface area contributed by atoms with Crippen molar-refractivity contribution in [3.8, 4) is 0 Å². The maximum Gasteiger partial charge on any atom is 0.337 e. The number of rotatable bonds is 1. The number of hydrogen-bond donors (Lipinski definition) is 3. The van der Waals surface area contributed by atoms with Crippen molar-refractivity contribution < 1.29 is 4.79 Å². The predicted octanol–water partition coefficient (Wildman–Crippen LogP) is 0.360. The minimum absolute atomic E-state index is 0.00694. The Balaban J connectivity index is 2.83. The summed E-state index contributed by atoms with van der Waals surface area (Å²) in [7, 11) is 2.98. The first-order valence-electron chi connectivity index (χ1n) is 4.78. The molecular weight excluding hydrogens is 322 g/mol. The molecule has 0 aliphatic carbocycles. The van der Waals surface area contributed by atoms with Crippen LogP contribution in [0.25, 0.3) is 0 Å². The lowest BCUT2D eigenvalue weighted by Gasteiger charge is -2.13. The first-order chi connectivity index (χ1) is 8.31. The first kappa shape index (κ1) is 14.6. The second-order valence-electron chi connectivity index (χ2n) is 3.48. The highest BCUT2D eigenvalue weighted by Gasteiger charge is 2.09. The number of nitrogens with one attached hydrogen (secondary N) is 2. The molecule has 0 aromatic carbocycles. The van der Waals surface area contributed by atoms with Crippen LogP contribution in [0.15, 0.2) is 21.5 Å². The molecule has 0 saturated heterocycles. The number of hydrazine groups is 1. The number of hydrogen-bond acceptors (Lipinski definition) is 4. The Morgan fingerprint density at radius 1 is 1.61 bits per heavy atom. The van der Waals surface area contributed by atoms with Gasteiger partial charge in [0.25, 0.3) is 5.56 Å². The zero-order valence-corrected chi connectivity index (χ0v) is 12.1. The van der Waals surface area contributed by atoms with Gasteiger partial charge >= 0.3 is 6.03 Å². The molecule has 18 heavy (non-hydrogen) atoms. The summed E-state index contributed by atoms with van der Waals surface area (Å²) in [6.07, 6.45) is 1.61. The van der Waals surface area contributed by atoms with Crippen LogP contribution in [-0.4, -0.2) is 27.8 Å². The third-order valence-electron chi connectivity index (χ3n) is 1.94. The van der Waals surface area contributed by atoms with Crippen molar-refractivity contribution in [2.45, 2.75) is 0 Å². The third kappa shape index (κ3) is 3.79. The monoisotopic (exact) mass is 333 g/mol. The van der Waals surface area contributed by atoms with E-state index in [0.29, 0.717) is 4.47 Å². The molecule has 98 valence electrons. The predicted molar refractivity (Wildman–Crippen MR) is 76.1 cm³/mol. The summed E-state index contributed by atoms with van der Waals surface area (Å²) in [6.45, 7) is 0. The van der Waals surface area contributed by atoms with Gasteiger partial charge in [-0.15, -0.1) is 0 Å². The average molecular weight is 334 g/mol. The fourth-order valence-corrected chi connectivity index (χ4v) is 1.83. The van der Waals surface area contributed by atoms with Crippen molar-refractivity contribution in [1.29, 1.82) is 0 Å². The highest BCUT2D eigenvalue weighted by molar-refractivity contribution is 9.10. The molecule has 0 unspecified atom stereocenters. The summed E-state index contributed by atoms with van der Waals surface area (Å²) in [5.41, 5.74) is -0.0206. The molecule has 0 aliphatic heterocycles. The van der Waals surface area contributed by atoms with Crippen molar-refractivity contribution in [3.05, 3.63) is 27.1 Å². The number of thiocarbonyl (C=S) groups is 1. The van der Waals surface area contributed by atoms with Gasteiger partial charge in [-0.1, -0.05) is 0 Å². The van der Waals surface area contributed by atoms with Crippen LogP contribution in [0.1, 0.15) is 0 Å². The summed E-state index contributed by atoms with van der Waals surface area (Å²) >= 11 is 8.14. The van der Waals surface area contributed by atoms with Gasteiger partial charge in [0.15, 0.2) is 5.11 Å². The van der Waals surface area contributed by atoms with Crippen molar-refractivity contribution in [2.24, 2.45) is 12.9 Å². The molecule has 4 N–H and O–H groups in total. The number of carbonyl (C=O) groups excluding carboxylic acids is 1. The van der Waals surface area contributed by atoms with Crippen LogP contribution in [0.4, 0.5) is 10.5 Å². The lowest BCUT2D eigenvalue weighted by atomic mass is 10.4. The molecule has 1 heterocycles. The molecule has 0 aliphatic rings. The minimum Gasteiger partial charge on any atom is -0.328 e. The van der Waals surface area contributed by atoms with Gasteiger partial charge in [0.05, 0.1) is 0 Å². The Bertz CT molecular complexity index is 542. The van der Waals surface area contributed by atoms with E-state index >= 15 is 0 Å². The maximum absolute atomic E-state index is 11.7. The van der Waals surface area contributed by atoms with Crippen molar-refractivity contribution in [3.63, 3.8) is 0 Å². The van der Waals surface area contributed by atoms with E-state index < -0.39 is 6.03 Å². The van der Waals surface area contributed by atoms with Gasteiger partial charge in [0, 0.05) is 24.8 Å². The number of pyridine rings is 1. The Morgan fingerprint density at radius 3 is 2.78 bits per heavy atom. The van der Waals surface area contributed by atoms with Gasteiger partial charge in [0.1, 0.15) is 5.69 Å². The van der Waals surface area contributed by atoms with Gasteiger partial charge in [-0.2, -0.15) is 0 Å². The number of anilines is 1. The van der Waals surface area contributed by atoms with Crippen molar-refractivity contribution in [2.75, 3.05) is 12.4 Å². The van der Waals surface area contributed by atoms with Gasteiger partial charge in [-0.05, 0) is 34.2 Å². The summed E-state index contributed by atoms with van der Waals surface area (Å²) in [5.74, 6) is 5.22. The number of urea groups is 1. The van der Waals surface area contributed by atoms with Gasteiger partial charge in [-0.25, -0.2) is 10.6 Å². The molecule has 7 nitrogen and oxygen atoms in total. The molecule has 0 bridgehead atoms. The Morgan fingerprint density at radius 2 is 2.22 bits per heavy atom. The fourth-order valence-electron chi connectivity index (χ4n) is 1.10. The van der Waals surface area contributed by atoms with E-state index in [1.54, 1.807) is 19.3 Å². The average Bonchev–Trinajstić information content (AvgIpc) is 2.24. The third-order valence-corrected chi connectivity index (χ3v) is 2.58. The molecular formula is C9H12BrN5O2S. The number of nitrogens with two attached hydrogens (primary N) is 1. The van der Waals surface area contributed by atoms with Gasteiger partial charge < -0.3 is 9.88 Å². The highest BCUT2D eigenvalue weighted by atomic mass is 79.9. The summed E-state index contributed by atoms with van der Waals surface area (Å²) < 4.78 is 2.09. The molecule has 0 radical (unpaired) electrons. The van der Waals surface area contributed by atoms with Crippen LogP contribution in [0.3, 0.4) is 0 Å². The molecule has 1 aromatic heterocycles. The second kappa shape index (κ2) is 5.94. The highest BCUT2D eigenvalue weighted by Crippen LogP contribution is 2.11. The largest absolute Gasteiger partial charge is 0.337 e. The lowest BCUT2D eigenvalue weighted by Crippen LogP contribution is -2.46. The Hall–Kier alpha value is -1.45. The van der Waals surface area contributed by atoms with Gasteiger partial charge in [0.2, 0.25) is 0 Å². The molecule has 1 rings (SSSR count). The van der Waals surface area contributed by atoms with Crippen LogP contribution in [-0.2, 0) is 7.05 Å². The first-order valence-corrected chi connectivity index (χ1v) is 5.98. The van der Waals surface area contributed by atoms with Crippen molar-refractivity contribution in [1.82, 2.24) is 14.9 Å².